The molecule has 1 unspecified atom stereocenters. The SMILES string of the molecule is CC(C)C1CCN(C(=O)CSCC(=O)O)C1. The molecule has 0 aliphatic carbocycles. The van der Waals surface area contributed by atoms with E-state index in [0.717, 1.165) is 19.5 Å². The molecule has 1 N–H and O–H groups in total. The molecule has 1 heterocycles. The number of nitrogens with zero attached hydrogens (tertiary/aromatic N) is 1. The number of carboxylic acids is 1. The van der Waals surface area contributed by atoms with Gasteiger partial charge >= 0.3 is 5.97 Å². The zero-order valence-electron chi connectivity index (χ0n) is 9.81. The van der Waals surface area contributed by atoms with Crippen molar-refractivity contribution < 1.29 is 14.7 Å². The number of carboxylic acid groups (broad SMARTS) is 1. The summed E-state index contributed by atoms with van der Waals surface area (Å²) in [5.41, 5.74) is 0. The summed E-state index contributed by atoms with van der Waals surface area (Å²) in [6, 6.07) is 0. The van der Waals surface area contributed by atoms with E-state index in [1.807, 2.05) is 4.90 Å². The van der Waals surface area contributed by atoms with E-state index in [1.54, 1.807) is 0 Å². The highest BCUT2D eigenvalue weighted by atomic mass is 32.2. The van der Waals surface area contributed by atoms with Gasteiger partial charge in [0.2, 0.25) is 5.91 Å². The van der Waals surface area contributed by atoms with Gasteiger partial charge in [-0.05, 0) is 18.3 Å². The highest BCUT2D eigenvalue weighted by Gasteiger charge is 2.27. The Balaban J connectivity index is 2.25. The van der Waals surface area contributed by atoms with Crippen LogP contribution in [-0.2, 0) is 9.59 Å². The van der Waals surface area contributed by atoms with Gasteiger partial charge < -0.3 is 10.0 Å². The van der Waals surface area contributed by atoms with Crippen LogP contribution < -0.4 is 0 Å². The number of amides is 1. The highest BCUT2D eigenvalue weighted by molar-refractivity contribution is 8.00. The summed E-state index contributed by atoms with van der Waals surface area (Å²) >= 11 is 1.18. The quantitative estimate of drug-likeness (QED) is 0.793. The largest absolute Gasteiger partial charge is 0.481 e. The minimum absolute atomic E-state index is 0.00713. The summed E-state index contributed by atoms with van der Waals surface area (Å²) in [4.78, 5) is 23.9. The van der Waals surface area contributed by atoms with E-state index in [9.17, 15) is 9.59 Å². The van der Waals surface area contributed by atoms with Crippen LogP contribution in [0, 0.1) is 11.8 Å². The molecule has 0 aromatic rings. The molecule has 1 atom stereocenters. The third kappa shape index (κ3) is 4.04. The van der Waals surface area contributed by atoms with Crippen molar-refractivity contribution in [3.8, 4) is 0 Å². The Labute approximate surface area is 100 Å². The van der Waals surface area contributed by atoms with Crippen LogP contribution in [0.15, 0.2) is 0 Å². The second kappa shape index (κ2) is 6.13. The maximum absolute atomic E-state index is 11.7. The average Bonchev–Trinajstić information content (AvgIpc) is 2.65. The van der Waals surface area contributed by atoms with Gasteiger partial charge in [0.05, 0.1) is 11.5 Å². The van der Waals surface area contributed by atoms with Gasteiger partial charge in [-0.2, -0.15) is 0 Å². The summed E-state index contributed by atoms with van der Waals surface area (Å²) in [6.45, 7) is 6.02. The van der Waals surface area contributed by atoms with Crippen LogP contribution in [0.1, 0.15) is 20.3 Å². The predicted octanol–water partition coefficient (Wildman–Crippen LogP) is 1.31. The molecule has 1 saturated heterocycles. The van der Waals surface area contributed by atoms with E-state index in [2.05, 4.69) is 13.8 Å². The molecule has 4 nitrogen and oxygen atoms in total. The number of rotatable bonds is 5. The standard InChI is InChI=1S/C11H19NO3S/c1-8(2)9-3-4-12(5-9)10(13)6-16-7-11(14)15/h8-9H,3-7H2,1-2H3,(H,14,15). The number of likely N-dealkylation sites (tertiary alicyclic amines) is 1. The normalized spacial score (nSPS) is 20.4. The fraction of sp³-hybridized carbons (Fsp3) is 0.818. The molecule has 1 aliphatic rings. The minimum Gasteiger partial charge on any atom is -0.481 e. The second-order valence-electron chi connectivity index (χ2n) is 4.52. The molecule has 1 aliphatic heterocycles. The van der Waals surface area contributed by atoms with Crippen LogP contribution in [0.4, 0.5) is 0 Å². The van der Waals surface area contributed by atoms with Crippen LogP contribution in [-0.4, -0.2) is 46.5 Å². The van der Waals surface area contributed by atoms with Crippen molar-refractivity contribution in [2.45, 2.75) is 20.3 Å². The zero-order chi connectivity index (χ0) is 12.1. The van der Waals surface area contributed by atoms with Crippen LogP contribution in [0.2, 0.25) is 0 Å². The van der Waals surface area contributed by atoms with Gasteiger partial charge in [-0.3, -0.25) is 9.59 Å². The first-order valence-corrected chi connectivity index (χ1v) is 6.73. The smallest absolute Gasteiger partial charge is 0.313 e. The van der Waals surface area contributed by atoms with Crippen LogP contribution in [0.3, 0.4) is 0 Å². The molecule has 1 fully saturated rings. The lowest BCUT2D eigenvalue weighted by atomic mass is 9.95. The van der Waals surface area contributed by atoms with E-state index in [-0.39, 0.29) is 17.4 Å². The van der Waals surface area contributed by atoms with E-state index in [0.29, 0.717) is 11.8 Å². The Bertz CT molecular complexity index is 268. The molecule has 1 amide bonds. The van der Waals surface area contributed by atoms with E-state index in [1.165, 1.54) is 11.8 Å². The number of thioether (sulfide) groups is 1. The van der Waals surface area contributed by atoms with Crippen LogP contribution in [0.25, 0.3) is 0 Å². The Morgan fingerprint density at radius 1 is 1.44 bits per heavy atom. The average molecular weight is 245 g/mol. The molecule has 0 saturated carbocycles. The van der Waals surface area contributed by atoms with Gasteiger partial charge in [0.25, 0.3) is 0 Å². The number of carbonyl (C=O) groups is 2. The maximum atomic E-state index is 11.7. The first kappa shape index (κ1) is 13.4. The van der Waals surface area contributed by atoms with Crippen molar-refractivity contribution in [1.29, 1.82) is 0 Å². The summed E-state index contributed by atoms with van der Waals surface area (Å²) in [6.07, 6.45) is 1.08. The minimum atomic E-state index is -0.862. The van der Waals surface area contributed by atoms with Gasteiger partial charge in [-0.1, -0.05) is 13.8 Å². The second-order valence-corrected chi connectivity index (χ2v) is 5.50. The van der Waals surface area contributed by atoms with Crippen molar-refractivity contribution >= 4 is 23.6 Å². The fourth-order valence-corrected chi connectivity index (χ4v) is 2.51. The Morgan fingerprint density at radius 2 is 2.12 bits per heavy atom. The predicted molar refractivity (Wildman–Crippen MR) is 64.5 cm³/mol. The first-order valence-electron chi connectivity index (χ1n) is 5.58. The van der Waals surface area contributed by atoms with Crippen LogP contribution >= 0.6 is 11.8 Å². The topological polar surface area (TPSA) is 57.6 Å². The Hall–Kier alpha value is -0.710. The monoisotopic (exact) mass is 245 g/mol. The molecular weight excluding hydrogens is 226 g/mol. The van der Waals surface area contributed by atoms with E-state index in [4.69, 9.17) is 5.11 Å². The van der Waals surface area contributed by atoms with Gasteiger partial charge in [0, 0.05) is 13.1 Å². The number of hydrogen-bond acceptors (Lipinski definition) is 3. The summed E-state index contributed by atoms with van der Waals surface area (Å²) < 4.78 is 0. The number of hydrogen-bond donors (Lipinski definition) is 1. The highest BCUT2D eigenvalue weighted by Crippen LogP contribution is 2.24. The van der Waals surface area contributed by atoms with Crippen molar-refractivity contribution in [1.82, 2.24) is 4.90 Å². The van der Waals surface area contributed by atoms with Gasteiger partial charge in [-0.15, -0.1) is 11.8 Å². The Morgan fingerprint density at radius 3 is 2.62 bits per heavy atom. The lowest BCUT2D eigenvalue weighted by molar-refractivity contribution is -0.133. The third-order valence-corrected chi connectivity index (χ3v) is 3.87. The van der Waals surface area contributed by atoms with Gasteiger partial charge in [0.1, 0.15) is 0 Å². The summed E-state index contributed by atoms with van der Waals surface area (Å²) in [5, 5.41) is 8.46. The number of carbonyl (C=O) groups excluding carboxylic acids is 1. The fourth-order valence-electron chi connectivity index (χ4n) is 1.87. The van der Waals surface area contributed by atoms with Crippen molar-refractivity contribution in [3.05, 3.63) is 0 Å². The summed E-state index contributed by atoms with van der Waals surface area (Å²) in [7, 11) is 0. The molecular formula is C11H19NO3S. The first-order chi connectivity index (χ1) is 7.50. The molecule has 0 bridgehead atoms. The molecule has 0 aromatic heterocycles. The molecule has 16 heavy (non-hydrogen) atoms. The van der Waals surface area contributed by atoms with Gasteiger partial charge in [0.15, 0.2) is 0 Å². The molecule has 92 valence electrons. The molecule has 0 radical (unpaired) electrons. The lowest BCUT2D eigenvalue weighted by Crippen LogP contribution is -2.31. The zero-order valence-corrected chi connectivity index (χ0v) is 10.6. The van der Waals surface area contributed by atoms with Crippen molar-refractivity contribution in [3.63, 3.8) is 0 Å². The lowest BCUT2D eigenvalue weighted by Gasteiger charge is -2.17. The van der Waals surface area contributed by atoms with Crippen LogP contribution in [0.5, 0.6) is 0 Å². The summed E-state index contributed by atoms with van der Waals surface area (Å²) in [5.74, 6) is 0.733. The van der Waals surface area contributed by atoms with E-state index >= 15 is 0 Å². The maximum Gasteiger partial charge on any atom is 0.313 e. The van der Waals surface area contributed by atoms with Gasteiger partial charge in [-0.25, -0.2) is 0 Å². The van der Waals surface area contributed by atoms with Crippen molar-refractivity contribution in [2.75, 3.05) is 24.6 Å². The molecule has 0 aromatic carbocycles. The van der Waals surface area contributed by atoms with E-state index < -0.39 is 5.97 Å². The Kier molecular flexibility index (Phi) is 5.12. The molecule has 1 rings (SSSR count). The number of aliphatic carboxylic acids is 1. The molecule has 0 spiro atoms. The van der Waals surface area contributed by atoms with Crippen molar-refractivity contribution in [2.24, 2.45) is 11.8 Å². The molecule has 5 heteroatoms. The third-order valence-electron chi connectivity index (χ3n) is 2.97.